The first-order valence-corrected chi connectivity index (χ1v) is 7.27. The number of nitrogens with one attached hydrogen (secondary N) is 2. The van der Waals surface area contributed by atoms with Crippen LogP contribution in [-0.2, 0) is 0 Å². The average molecular weight is 287 g/mol. The molecular formula is C16H21N3O2. The van der Waals surface area contributed by atoms with Crippen molar-refractivity contribution in [3.8, 4) is 5.75 Å². The number of amides is 1. The number of hydrazine groups is 1. The summed E-state index contributed by atoms with van der Waals surface area (Å²) in [7, 11) is 1.64. The van der Waals surface area contributed by atoms with Gasteiger partial charge in [0.15, 0.2) is 0 Å². The highest BCUT2D eigenvalue weighted by Crippen LogP contribution is 2.28. The zero-order valence-electron chi connectivity index (χ0n) is 12.7. The van der Waals surface area contributed by atoms with Crippen LogP contribution in [0.2, 0.25) is 0 Å². The number of fused-ring (bicyclic) bond motifs is 1. The molecule has 2 aromatic rings. The summed E-state index contributed by atoms with van der Waals surface area (Å²) in [6, 6.07) is 7.62. The highest BCUT2D eigenvalue weighted by Gasteiger charge is 2.34. The van der Waals surface area contributed by atoms with E-state index in [-0.39, 0.29) is 11.4 Å². The van der Waals surface area contributed by atoms with Gasteiger partial charge in [-0.2, -0.15) is 0 Å². The summed E-state index contributed by atoms with van der Waals surface area (Å²) in [4.78, 5) is 16.0. The van der Waals surface area contributed by atoms with Crippen LogP contribution in [0.1, 0.15) is 37.2 Å². The zero-order valence-corrected chi connectivity index (χ0v) is 12.7. The Hall–Kier alpha value is -2.01. The number of aromatic nitrogens is 1. The van der Waals surface area contributed by atoms with Crippen LogP contribution in [0.5, 0.6) is 5.75 Å². The van der Waals surface area contributed by atoms with Crippen molar-refractivity contribution in [2.24, 2.45) is 0 Å². The number of rotatable bonds is 2. The van der Waals surface area contributed by atoms with Gasteiger partial charge in [0.1, 0.15) is 11.4 Å². The molecule has 1 aliphatic rings. The van der Waals surface area contributed by atoms with Gasteiger partial charge in [-0.15, -0.1) is 0 Å². The van der Waals surface area contributed by atoms with E-state index in [1.165, 1.54) is 0 Å². The lowest BCUT2D eigenvalue weighted by Crippen LogP contribution is -2.58. The highest BCUT2D eigenvalue weighted by molar-refractivity contribution is 5.99. The Morgan fingerprint density at radius 3 is 2.90 bits per heavy atom. The Morgan fingerprint density at radius 1 is 1.38 bits per heavy atom. The molecule has 21 heavy (non-hydrogen) atoms. The molecule has 1 fully saturated rings. The molecule has 112 valence electrons. The van der Waals surface area contributed by atoms with Gasteiger partial charge in [0, 0.05) is 17.4 Å². The van der Waals surface area contributed by atoms with Crippen LogP contribution in [0.3, 0.4) is 0 Å². The molecule has 0 spiro atoms. The zero-order chi connectivity index (χ0) is 15.0. The summed E-state index contributed by atoms with van der Waals surface area (Å²) in [6.45, 7) is 5.00. The number of benzene rings is 1. The number of carbonyl (C=O) groups is 1. The fourth-order valence-corrected chi connectivity index (χ4v) is 2.93. The van der Waals surface area contributed by atoms with Crippen LogP contribution < -0.4 is 10.2 Å². The smallest absolute Gasteiger partial charge is 0.284 e. The van der Waals surface area contributed by atoms with E-state index in [1.54, 1.807) is 12.1 Å². The maximum atomic E-state index is 12.8. The minimum Gasteiger partial charge on any atom is -0.496 e. The van der Waals surface area contributed by atoms with Crippen molar-refractivity contribution in [2.45, 2.75) is 32.2 Å². The summed E-state index contributed by atoms with van der Waals surface area (Å²) in [5.41, 5.74) is 4.52. The molecule has 0 saturated carbocycles. The van der Waals surface area contributed by atoms with Gasteiger partial charge < -0.3 is 9.72 Å². The molecule has 1 aromatic carbocycles. The number of hydrogen-bond donors (Lipinski definition) is 2. The highest BCUT2D eigenvalue weighted by atomic mass is 16.5. The molecule has 0 aliphatic carbocycles. The first kappa shape index (κ1) is 13.9. The topological polar surface area (TPSA) is 57.4 Å². The van der Waals surface area contributed by atoms with Gasteiger partial charge in [0.05, 0.1) is 12.6 Å². The summed E-state index contributed by atoms with van der Waals surface area (Å²) < 4.78 is 5.35. The maximum absolute atomic E-state index is 12.8. The van der Waals surface area contributed by atoms with Gasteiger partial charge in [0.2, 0.25) is 0 Å². The summed E-state index contributed by atoms with van der Waals surface area (Å²) in [5.74, 6) is 0.742. The van der Waals surface area contributed by atoms with Gasteiger partial charge >= 0.3 is 0 Å². The van der Waals surface area contributed by atoms with Crippen molar-refractivity contribution < 1.29 is 9.53 Å². The van der Waals surface area contributed by atoms with Crippen molar-refractivity contribution in [1.82, 2.24) is 15.4 Å². The molecule has 5 nitrogen and oxygen atoms in total. The van der Waals surface area contributed by atoms with E-state index in [0.29, 0.717) is 5.69 Å². The fraction of sp³-hybridized carbons (Fsp3) is 0.438. The van der Waals surface area contributed by atoms with E-state index in [2.05, 4.69) is 24.3 Å². The molecule has 3 rings (SSSR count). The van der Waals surface area contributed by atoms with Crippen LogP contribution in [0, 0.1) is 0 Å². The lowest BCUT2D eigenvalue weighted by Gasteiger charge is -2.42. The Labute approximate surface area is 124 Å². The molecule has 2 N–H and O–H groups in total. The lowest BCUT2D eigenvalue weighted by atomic mass is 9.95. The van der Waals surface area contributed by atoms with Crippen LogP contribution >= 0.6 is 0 Å². The van der Waals surface area contributed by atoms with Crippen LogP contribution in [0.15, 0.2) is 24.3 Å². The van der Waals surface area contributed by atoms with E-state index >= 15 is 0 Å². The van der Waals surface area contributed by atoms with Crippen molar-refractivity contribution in [1.29, 1.82) is 0 Å². The molecule has 0 unspecified atom stereocenters. The number of nitrogens with zero attached hydrogens (tertiary/aromatic N) is 1. The molecule has 0 radical (unpaired) electrons. The Bertz CT molecular complexity index is 675. The first-order chi connectivity index (χ1) is 10.0. The van der Waals surface area contributed by atoms with E-state index in [1.807, 2.05) is 24.3 Å². The molecule has 0 atom stereocenters. The summed E-state index contributed by atoms with van der Waals surface area (Å²) in [6.07, 6.45) is 2.08. The Balaban J connectivity index is 1.98. The van der Waals surface area contributed by atoms with Gasteiger partial charge in [-0.05, 0) is 44.9 Å². The van der Waals surface area contributed by atoms with Crippen molar-refractivity contribution >= 4 is 16.8 Å². The van der Waals surface area contributed by atoms with E-state index in [4.69, 9.17) is 4.74 Å². The average Bonchev–Trinajstić information content (AvgIpc) is 2.90. The molecule has 5 heteroatoms. The first-order valence-electron chi connectivity index (χ1n) is 7.27. The Morgan fingerprint density at radius 2 is 2.19 bits per heavy atom. The van der Waals surface area contributed by atoms with E-state index in [0.717, 1.165) is 36.0 Å². The second kappa shape index (κ2) is 5.07. The number of carbonyl (C=O) groups excluding carboxylic acids is 1. The molecule has 2 heterocycles. The lowest BCUT2D eigenvalue weighted by molar-refractivity contribution is 0.0186. The predicted octanol–water partition coefficient (Wildman–Crippen LogP) is 2.70. The number of ether oxygens (including phenoxy) is 1. The monoisotopic (exact) mass is 287 g/mol. The maximum Gasteiger partial charge on any atom is 0.284 e. The number of H-pyrrole nitrogens is 1. The minimum atomic E-state index is -0.184. The van der Waals surface area contributed by atoms with E-state index in [9.17, 15) is 4.79 Å². The van der Waals surface area contributed by atoms with Gasteiger partial charge in [0.25, 0.3) is 5.91 Å². The van der Waals surface area contributed by atoms with Crippen molar-refractivity contribution in [3.05, 3.63) is 30.0 Å². The Kier molecular flexibility index (Phi) is 3.37. The molecule has 1 aromatic heterocycles. The number of hydrogen-bond acceptors (Lipinski definition) is 3. The molecule has 1 saturated heterocycles. The SMILES string of the molecule is COc1cccc2[nH]c(C(=O)N3NCCCC3(C)C)cc12. The third-order valence-electron chi connectivity index (χ3n) is 4.12. The standard InChI is InChI=1S/C16H21N3O2/c1-16(2)8-5-9-17-19(16)15(20)13-10-11-12(18-13)6-4-7-14(11)21-3/h4,6-7,10,17-18H,5,8-9H2,1-3H3. The quantitative estimate of drug-likeness (QED) is 0.893. The third kappa shape index (κ3) is 2.38. The molecule has 0 bridgehead atoms. The van der Waals surface area contributed by atoms with E-state index < -0.39 is 0 Å². The molecular weight excluding hydrogens is 266 g/mol. The fourth-order valence-electron chi connectivity index (χ4n) is 2.93. The summed E-state index contributed by atoms with van der Waals surface area (Å²) in [5, 5.41) is 2.67. The largest absolute Gasteiger partial charge is 0.496 e. The summed E-state index contributed by atoms with van der Waals surface area (Å²) >= 11 is 0. The third-order valence-corrected chi connectivity index (χ3v) is 4.12. The number of aromatic amines is 1. The second-order valence-corrected chi connectivity index (χ2v) is 6.07. The predicted molar refractivity (Wildman–Crippen MR) is 82.3 cm³/mol. The van der Waals surface area contributed by atoms with Gasteiger partial charge in [-0.3, -0.25) is 9.80 Å². The van der Waals surface area contributed by atoms with Gasteiger partial charge in [-0.1, -0.05) is 6.07 Å². The molecule has 1 aliphatic heterocycles. The van der Waals surface area contributed by atoms with Gasteiger partial charge in [-0.25, -0.2) is 5.43 Å². The van der Waals surface area contributed by atoms with Crippen molar-refractivity contribution in [2.75, 3.05) is 13.7 Å². The molecule has 1 amide bonds. The minimum absolute atomic E-state index is 0.0297. The normalized spacial score (nSPS) is 18.0. The van der Waals surface area contributed by atoms with Crippen LogP contribution in [-0.4, -0.2) is 35.1 Å². The van der Waals surface area contributed by atoms with Crippen LogP contribution in [0.4, 0.5) is 0 Å². The van der Waals surface area contributed by atoms with Crippen molar-refractivity contribution in [3.63, 3.8) is 0 Å². The second-order valence-electron chi connectivity index (χ2n) is 6.07. The number of methoxy groups -OCH3 is 1. The van der Waals surface area contributed by atoms with Crippen LogP contribution in [0.25, 0.3) is 10.9 Å².